The van der Waals surface area contributed by atoms with Crippen LogP contribution >= 0.6 is 0 Å². The van der Waals surface area contributed by atoms with E-state index >= 15 is 0 Å². The number of benzene rings is 1. The highest BCUT2D eigenvalue weighted by Gasteiger charge is 2.37. The van der Waals surface area contributed by atoms with Crippen molar-refractivity contribution in [1.82, 2.24) is 4.98 Å². The molecule has 1 atom stereocenters. The molecule has 8 nitrogen and oxygen atoms in total. The number of phenolic OH excluding ortho intramolecular Hbond substituents is 1. The summed E-state index contributed by atoms with van der Waals surface area (Å²) < 4.78 is 15.6. The van der Waals surface area contributed by atoms with Crippen molar-refractivity contribution >= 4 is 28.7 Å². The molecule has 0 saturated heterocycles. The fraction of sp³-hybridized carbons (Fsp3) is 0.450. The van der Waals surface area contributed by atoms with E-state index in [2.05, 4.69) is 4.98 Å². The van der Waals surface area contributed by atoms with Crippen molar-refractivity contribution in [1.29, 1.82) is 0 Å². The molecule has 1 aromatic carbocycles. The lowest BCUT2D eigenvalue weighted by atomic mass is 9.96. The van der Waals surface area contributed by atoms with Crippen LogP contribution in [0.5, 0.6) is 5.75 Å². The third-order valence-corrected chi connectivity index (χ3v) is 4.47. The quantitative estimate of drug-likeness (QED) is 0.806. The summed E-state index contributed by atoms with van der Waals surface area (Å²) in [6.45, 7) is 6.06. The van der Waals surface area contributed by atoms with Crippen molar-refractivity contribution in [3.63, 3.8) is 0 Å². The van der Waals surface area contributed by atoms with Gasteiger partial charge in [-0.1, -0.05) is 0 Å². The first-order valence-corrected chi connectivity index (χ1v) is 8.89. The molecule has 1 aliphatic rings. The second kappa shape index (κ2) is 7.27. The number of hydrogen-bond acceptors (Lipinski definition) is 7. The molecule has 8 heteroatoms. The third-order valence-electron chi connectivity index (χ3n) is 4.47. The number of anilines is 1. The largest absolute Gasteiger partial charge is 0.506 e. The molecule has 1 aliphatic heterocycles. The first-order chi connectivity index (χ1) is 13.2. The number of pyridine rings is 1. The molecule has 0 bridgehead atoms. The van der Waals surface area contributed by atoms with E-state index in [1.165, 1.54) is 24.3 Å². The molecule has 1 amide bonds. The van der Waals surface area contributed by atoms with Gasteiger partial charge in [0, 0.05) is 37.2 Å². The van der Waals surface area contributed by atoms with Gasteiger partial charge in [0.15, 0.2) is 0 Å². The fourth-order valence-electron chi connectivity index (χ4n) is 3.41. The summed E-state index contributed by atoms with van der Waals surface area (Å²) in [6, 6.07) is 3.12. The highest BCUT2D eigenvalue weighted by atomic mass is 16.6. The number of methoxy groups -OCH3 is 2. The predicted molar refractivity (Wildman–Crippen MR) is 103 cm³/mol. The topological polar surface area (TPSA) is 98.2 Å². The van der Waals surface area contributed by atoms with Crippen LogP contribution in [0.15, 0.2) is 18.3 Å². The number of carbonyl (C=O) groups excluding carboxylic acids is 2. The Morgan fingerprint density at radius 1 is 1.29 bits per heavy atom. The fourth-order valence-corrected chi connectivity index (χ4v) is 3.41. The summed E-state index contributed by atoms with van der Waals surface area (Å²) in [5.41, 5.74) is 1.24. The van der Waals surface area contributed by atoms with Crippen LogP contribution < -0.4 is 4.90 Å². The van der Waals surface area contributed by atoms with Crippen LogP contribution in [0, 0.1) is 0 Å². The second-order valence-electron chi connectivity index (χ2n) is 7.68. The maximum absolute atomic E-state index is 12.7. The minimum absolute atomic E-state index is 0.0863. The van der Waals surface area contributed by atoms with Crippen molar-refractivity contribution < 1.29 is 28.9 Å². The standard InChI is InChI=1S/C20H24N2O6/c1-20(2,3)28-19(25)22-9-12(10-26-4)16-13-6-11(18(24)27-5)8-21-17(13)15(23)7-14(16)22/h6-8,12,23H,9-10H2,1-5H3/t12-/m0/s1. The Bertz CT molecular complexity index is 934. The maximum Gasteiger partial charge on any atom is 0.414 e. The number of carbonyl (C=O) groups is 2. The number of aromatic nitrogens is 1. The van der Waals surface area contributed by atoms with E-state index in [0.29, 0.717) is 29.7 Å². The zero-order valence-electron chi connectivity index (χ0n) is 16.6. The zero-order chi connectivity index (χ0) is 20.6. The monoisotopic (exact) mass is 388 g/mol. The molecule has 0 radical (unpaired) electrons. The van der Waals surface area contributed by atoms with E-state index < -0.39 is 17.7 Å². The molecular formula is C20H24N2O6. The summed E-state index contributed by atoms with van der Waals surface area (Å²) in [7, 11) is 2.87. The van der Waals surface area contributed by atoms with E-state index in [1.807, 2.05) is 0 Å². The highest BCUT2D eigenvalue weighted by Crippen LogP contribution is 2.45. The van der Waals surface area contributed by atoms with Crippen molar-refractivity contribution in [3.8, 4) is 5.75 Å². The molecule has 0 fully saturated rings. The van der Waals surface area contributed by atoms with Crippen LogP contribution in [-0.2, 0) is 14.2 Å². The molecule has 0 saturated carbocycles. The van der Waals surface area contributed by atoms with Gasteiger partial charge >= 0.3 is 12.1 Å². The average Bonchev–Trinajstić information content (AvgIpc) is 2.98. The summed E-state index contributed by atoms with van der Waals surface area (Å²) in [6.07, 6.45) is 0.842. The SMILES string of the molecule is COC[C@@H]1CN(C(=O)OC(C)(C)C)c2cc(O)c3ncc(C(=O)OC)cc3c21. The minimum Gasteiger partial charge on any atom is -0.506 e. The lowest BCUT2D eigenvalue weighted by Gasteiger charge is -2.25. The van der Waals surface area contributed by atoms with Crippen LogP contribution in [0.4, 0.5) is 10.5 Å². The minimum atomic E-state index is -0.658. The van der Waals surface area contributed by atoms with Crippen LogP contribution in [0.3, 0.4) is 0 Å². The lowest BCUT2D eigenvalue weighted by Crippen LogP contribution is -2.36. The Morgan fingerprint density at radius 2 is 2.00 bits per heavy atom. The summed E-state index contributed by atoms with van der Waals surface area (Å²) in [5.74, 6) is -0.779. The highest BCUT2D eigenvalue weighted by molar-refractivity contribution is 6.02. The van der Waals surface area contributed by atoms with Gasteiger partial charge in [-0.15, -0.1) is 0 Å². The van der Waals surface area contributed by atoms with Crippen molar-refractivity contribution in [2.75, 3.05) is 32.3 Å². The molecule has 1 aromatic heterocycles. The maximum atomic E-state index is 12.7. The molecule has 28 heavy (non-hydrogen) atoms. The lowest BCUT2D eigenvalue weighted by molar-refractivity contribution is 0.0575. The van der Waals surface area contributed by atoms with Crippen molar-refractivity contribution in [3.05, 3.63) is 29.5 Å². The number of esters is 1. The zero-order valence-corrected chi connectivity index (χ0v) is 16.6. The van der Waals surface area contributed by atoms with Crippen LogP contribution in [0.1, 0.15) is 42.6 Å². The van der Waals surface area contributed by atoms with Gasteiger partial charge in [-0.2, -0.15) is 0 Å². The first-order valence-electron chi connectivity index (χ1n) is 8.89. The number of fused-ring (bicyclic) bond motifs is 3. The molecule has 3 rings (SSSR count). The van der Waals surface area contributed by atoms with Crippen LogP contribution in [0.2, 0.25) is 0 Å². The third kappa shape index (κ3) is 3.60. The average molecular weight is 388 g/mol. The van der Waals surface area contributed by atoms with Crippen LogP contribution in [-0.4, -0.2) is 55.1 Å². The van der Waals surface area contributed by atoms with Gasteiger partial charge < -0.3 is 19.3 Å². The van der Waals surface area contributed by atoms with Crippen molar-refractivity contribution in [2.45, 2.75) is 32.3 Å². The van der Waals surface area contributed by atoms with E-state index in [-0.39, 0.29) is 17.2 Å². The van der Waals surface area contributed by atoms with Gasteiger partial charge in [-0.25, -0.2) is 9.59 Å². The number of hydrogen-bond donors (Lipinski definition) is 1. The number of nitrogens with zero attached hydrogens (tertiary/aromatic N) is 2. The van der Waals surface area contributed by atoms with Gasteiger partial charge in [0.05, 0.1) is 25.0 Å². The van der Waals surface area contributed by atoms with E-state index in [4.69, 9.17) is 14.2 Å². The molecule has 0 unspecified atom stereocenters. The molecule has 0 aliphatic carbocycles. The van der Waals surface area contributed by atoms with Gasteiger partial charge in [0.1, 0.15) is 16.9 Å². The van der Waals surface area contributed by atoms with Gasteiger partial charge in [-0.05, 0) is 32.4 Å². The summed E-state index contributed by atoms with van der Waals surface area (Å²) in [5, 5.41) is 11.1. The molecule has 2 heterocycles. The Balaban J connectivity index is 2.18. The first kappa shape index (κ1) is 19.9. The Labute approximate surface area is 163 Å². The number of amides is 1. The number of phenols is 1. The van der Waals surface area contributed by atoms with Gasteiger partial charge in [0.25, 0.3) is 0 Å². The smallest absolute Gasteiger partial charge is 0.414 e. The van der Waals surface area contributed by atoms with E-state index in [1.54, 1.807) is 33.9 Å². The summed E-state index contributed by atoms with van der Waals surface area (Å²) in [4.78, 5) is 30.4. The molecular weight excluding hydrogens is 364 g/mol. The predicted octanol–water partition coefficient (Wildman–Crippen LogP) is 3.21. The number of ether oxygens (including phenoxy) is 3. The molecule has 0 spiro atoms. The van der Waals surface area contributed by atoms with Crippen molar-refractivity contribution in [2.24, 2.45) is 0 Å². The van der Waals surface area contributed by atoms with Gasteiger partial charge in [0.2, 0.25) is 0 Å². The second-order valence-corrected chi connectivity index (χ2v) is 7.68. The molecule has 2 aromatic rings. The molecule has 1 N–H and O–H groups in total. The number of rotatable bonds is 3. The summed E-state index contributed by atoms with van der Waals surface area (Å²) >= 11 is 0. The Morgan fingerprint density at radius 3 is 2.61 bits per heavy atom. The number of aromatic hydroxyl groups is 1. The molecule has 150 valence electrons. The Hall–Kier alpha value is -2.87. The Kier molecular flexibility index (Phi) is 5.16. The normalized spacial score (nSPS) is 16.2. The van der Waals surface area contributed by atoms with Gasteiger partial charge in [-0.3, -0.25) is 9.88 Å². The van der Waals surface area contributed by atoms with Crippen LogP contribution in [0.25, 0.3) is 10.9 Å². The van der Waals surface area contributed by atoms with E-state index in [0.717, 1.165) is 5.56 Å². The van der Waals surface area contributed by atoms with E-state index in [9.17, 15) is 14.7 Å².